The third-order valence-corrected chi connectivity index (χ3v) is 8.44. The van der Waals surface area contributed by atoms with Crippen molar-refractivity contribution >= 4 is 34.4 Å². The number of hydrogen-bond acceptors (Lipinski definition) is 6. The van der Waals surface area contributed by atoms with Crippen LogP contribution in [0, 0.1) is 5.41 Å². The summed E-state index contributed by atoms with van der Waals surface area (Å²) in [6.07, 6.45) is 8.87. The van der Waals surface area contributed by atoms with Crippen molar-refractivity contribution in [3.8, 4) is 5.88 Å². The largest absolute Gasteiger partial charge is 0.477 e. The Balaban J connectivity index is 1.27. The van der Waals surface area contributed by atoms with E-state index in [2.05, 4.69) is 15.3 Å². The number of imidazole rings is 1. The zero-order chi connectivity index (χ0) is 25.5. The molecule has 3 heterocycles. The lowest BCUT2D eigenvalue weighted by atomic mass is 9.53. The number of fused-ring (bicyclic) bond motifs is 4. The number of anilines is 2. The van der Waals surface area contributed by atoms with Gasteiger partial charge in [-0.3, -0.25) is 9.36 Å². The van der Waals surface area contributed by atoms with Crippen molar-refractivity contribution in [2.24, 2.45) is 5.41 Å². The lowest BCUT2D eigenvalue weighted by Gasteiger charge is -2.52. The van der Waals surface area contributed by atoms with Crippen LogP contribution in [0.3, 0.4) is 0 Å². The summed E-state index contributed by atoms with van der Waals surface area (Å²) in [4.78, 5) is 31.0. The molecule has 1 aromatic carbocycles. The highest BCUT2D eigenvalue weighted by atomic mass is 35.5. The zero-order valence-electron chi connectivity index (χ0n) is 21.0. The number of H-pyrrole nitrogens is 1. The monoisotopic (exact) mass is 518 g/mol. The van der Waals surface area contributed by atoms with E-state index in [-0.39, 0.29) is 16.4 Å². The predicted molar refractivity (Wildman–Crippen MR) is 145 cm³/mol. The van der Waals surface area contributed by atoms with Gasteiger partial charge in [-0.05, 0) is 69.2 Å². The minimum atomic E-state index is -0.101. The SMILES string of the molecule is CCCn1c(Nc2cccc(Cl)c2)nc2nc(C34CCC(COc5ccccn5)(CC3)CC4)[nH]c2c1=O. The van der Waals surface area contributed by atoms with E-state index in [1.165, 1.54) is 0 Å². The minimum Gasteiger partial charge on any atom is -0.477 e. The van der Waals surface area contributed by atoms with E-state index in [1.54, 1.807) is 10.8 Å². The molecule has 4 aromatic rings. The van der Waals surface area contributed by atoms with Gasteiger partial charge in [-0.15, -0.1) is 0 Å². The molecule has 0 spiro atoms. The molecule has 192 valence electrons. The number of nitrogens with one attached hydrogen (secondary N) is 2. The number of rotatable bonds is 8. The highest BCUT2D eigenvalue weighted by Gasteiger charge is 2.51. The van der Waals surface area contributed by atoms with Crippen LogP contribution in [0.15, 0.2) is 53.5 Å². The Labute approximate surface area is 220 Å². The van der Waals surface area contributed by atoms with Crippen LogP contribution >= 0.6 is 11.6 Å². The molecule has 3 aliphatic carbocycles. The number of benzene rings is 1. The van der Waals surface area contributed by atoms with E-state index in [1.807, 2.05) is 49.4 Å². The van der Waals surface area contributed by atoms with Gasteiger partial charge in [0.1, 0.15) is 5.82 Å². The van der Waals surface area contributed by atoms with Gasteiger partial charge in [-0.2, -0.15) is 4.98 Å². The summed E-state index contributed by atoms with van der Waals surface area (Å²) in [5, 5.41) is 3.90. The quantitative estimate of drug-likeness (QED) is 0.297. The first-order valence-electron chi connectivity index (χ1n) is 13.1. The van der Waals surface area contributed by atoms with Crippen LogP contribution in [0.5, 0.6) is 5.88 Å². The average Bonchev–Trinajstić information content (AvgIpc) is 3.37. The molecular weight excluding hydrogens is 488 g/mol. The first kappa shape index (κ1) is 24.0. The molecule has 3 saturated carbocycles. The van der Waals surface area contributed by atoms with Gasteiger partial charge in [0.15, 0.2) is 11.2 Å². The Morgan fingerprint density at radius 3 is 2.59 bits per heavy atom. The Morgan fingerprint density at radius 2 is 1.89 bits per heavy atom. The van der Waals surface area contributed by atoms with Crippen LogP contribution in [0.25, 0.3) is 11.2 Å². The second kappa shape index (κ2) is 9.49. The smallest absolute Gasteiger partial charge is 0.280 e. The first-order valence-corrected chi connectivity index (χ1v) is 13.4. The van der Waals surface area contributed by atoms with Gasteiger partial charge in [-0.25, -0.2) is 9.97 Å². The Kier molecular flexibility index (Phi) is 6.15. The lowest BCUT2D eigenvalue weighted by molar-refractivity contribution is -0.00257. The molecule has 8 nitrogen and oxygen atoms in total. The van der Waals surface area contributed by atoms with Crippen LogP contribution in [-0.2, 0) is 12.0 Å². The third-order valence-electron chi connectivity index (χ3n) is 8.21. The standard InChI is InChI=1S/C28H31ClN6O2/c1-2-16-35-24(36)22-23(34-26(35)31-20-7-5-6-19(29)17-20)33-25(32-22)28-12-9-27(10-13-28,11-14-28)18-37-21-8-3-4-15-30-21/h3-8,15,17H,2,9-14,16,18H2,1H3,(H,31,34)(H,32,33). The fourth-order valence-corrected chi connectivity index (χ4v) is 6.14. The molecule has 7 rings (SSSR count). The van der Waals surface area contributed by atoms with Gasteiger partial charge in [-0.1, -0.05) is 30.7 Å². The number of hydrogen-bond donors (Lipinski definition) is 2. The van der Waals surface area contributed by atoms with Crippen molar-refractivity contribution in [2.45, 2.75) is 63.8 Å². The van der Waals surface area contributed by atoms with Gasteiger partial charge in [0.2, 0.25) is 11.8 Å². The lowest BCUT2D eigenvalue weighted by Crippen LogP contribution is -2.47. The zero-order valence-corrected chi connectivity index (χ0v) is 21.7. The first-order chi connectivity index (χ1) is 18.0. The van der Waals surface area contributed by atoms with Crippen molar-refractivity contribution in [2.75, 3.05) is 11.9 Å². The molecule has 0 radical (unpaired) electrons. The van der Waals surface area contributed by atoms with Crippen molar-refractivity contribution < 1.29 is 4.74 Å². The maximum absolute atomic E-state index is 13.5. The fourth-order valence-electron chi connectivity index (χ4n) is 5.95. The normalized spacial score (nSPS) is 22.9. The summed E-state index contributed by atoms with van der Waals surface area (Å²) in [5.74, 6) is 2.07. The van der Waals surface area contributed by atoms with E-state index < -0.39 is 0 Å². The molecule has 0 amide bonds. The van der Waals surface area contributed by atoms with Crippen molar-refractivity contribution in [3.63, 3.8) is 0 Å². The van der Waals surface area contributed by atoms with E-state index in [4.69, 9.17) is 26.3 Å². The predicted octanol–water partition coefficient (Wildman–Crippen LogP) is 5.99. The van der Waals surface area contributed by atoms with Crippen LogP contribution in [0.1, 0.15) is 57.7 Å². The highest BCUT2D eigenvalue weighted by Crippen LogP contribution is 2.57. The van der Waals surface area contributed by atoms with Gasteiger partial charge < -0.3 is 15.0 Å². The number of pyridine rings is 1. The van der Waals surface area contributed by atoms with Crippen molar-refractivity contribution in [1.29, 1.82) is 0 Å². The molecule has 3 aliphatic rings. The molecule has 0 atom stereocenters. The summed E-state index contributed by atoms with van der Waals surface area (Å²) in [7, 11) is 0. The van der Waals surface area contributed by atoms with Gasteiger partial charge in [0.25, 0.3) is 5.56 Å². The van der Waals surface area contributed by atoms with E-state index in [9.17, 15) is 4.79 Å². The number of nitrogens with zero attached hydrogens (tertiary/aromatic N) is 4. The Hall–Kier alpha value is -3.39. The van der Waals surface area contributed by atoms with Crippen LogP contribution in [0.2, 0.25) is 5.02 Å². The number of aromatic amines is 1. The van der Waals surface area contributed by atoms with Crippen LogP contribution in [-0.4, -0.2) is 31.1 Å². The highest BCUT2D eigenvalue weighted by molar-refractivity contribution is 6.30. The van der Waals surface area contributed by atoms with E-state index >= 15 is 0 Å². The average molecular weight is 519 g/mol. The second-order valence-corrected chi connectivity index (χ2v) is 11.0. The molecule has 9 heteroatoms. The molecule has 2 bridgehead atoms. The molecule has 2 N–H and O–H groups in total. The molecule has 3 fully saturated rings. The summed E-state index contributed by atoms with van der Waals surface area (Å²) in [6.45, 7) is 3.30. The maximum Gasteiger partial charge on any atom is 0.280 e. The number of aromatic nitrogens is 5. The van der Waals surface area contributed by atoms with E-state index in [0.29, 0.717) is 41.2 Å². The van der Waals surface area contributed by atoms with Crippen molar-refractivity contribution in [1.82, 2.24) is 24.5 Å². The van der Waals surface area contributed by atoms with Gasteiger partial charge in [0.05, 0.1) is 6.61 Å². The summed E-state index contributed by atoms with van der Waals surface area (Å²) in [6, 6.07) is 13.2. The van der Waals surface area contributed by atoms with Gasteiger partial charge in [0, 0.05) is 40.3 Å². The molecule has 0 aliphatic heterocycles. The van der Waals surface area contributed by atoms with E-state index in [0.717, 1.165) is 56.5 Å². The molecular formula is C28H31ClN6O2. The molecule has 0 unspecified atom stereocenters. The number of ether oxygens (including phenoxy) is 1. The Morgan fingerprint density at radius 1 is 1.08 bits per heavy atom. The van der Waals surface area contributed by atoms with Gasteiger partial charge >= 0.3 is 0 Å². The molecule has 3 aromatic heterocycles. The molecule has 0 saturated heterocycles. The third kappa shape index (κ3) is 4.48. The van der Waals surface area contributed by atoms with Crippen LogP contribution < -0.4 is 15.6 Å². The summed E-state index contributed by atoms with van der Waals surface area (Å²) < 4.78 is 7.75. The molecule has 37 heavy (non-hydrogen) atoms. The summed E-state index contributed by atoms with van der Waals surface area (Å²) in [5.41, 5.74) is 1.77. The second-order valence-electron chi connectivity index (χ2n) is 10.5. The Bertz CT molecular complexity index is 1460. The fraction of sp³-hybridized carbons (Fsp3) is 0.429. The minimum absolute atomic E-state index is 0.0456. The number of halogens is 1. The maximum atomic E-state index is 13.5. The summed E-state index contributed by atoms with van der Waals surface area (Å²) >= 11 is 6.17. The van der Waals surface area contributed by atoms with Crippen LogP contribution in [0.4, 0.5) is 11.6 Å². The topological polar surface area (TPSA) is 97.7 Å². The van der Waals surface area contributed by atoms with Crippen molar-refractivity contribution in [3.05, 3.63) is 69.9 Å².